The number of carboxylic acid groups (broad SMARTS) is 1. The molecule has 0 saturated heterocycles. The predicted octanol–water partition coefficient (Wildman–Crippen LogP) is 1.62. The largest absolute Gasteiger partial charge is 0.480 e. The Morgan fingerprint density at radius 2 is 2.00 bits per heavy atom. The number of hydrogen-bond acceptors (Lipinski definition) is 4. The summed E-state index contributed by atoms with van der Waals surface area (Å²) in [4.78, 5) is 15.2. The molecule has 2 N–H and O–H groups in total. The molecule has 1 atom stereocenters. The van der Waals surface area contributed by atoms with Gasteiger partial charge in [0.15, 0.2) is 0 Å². The Morgan fingerprint density at radius 1 is 1.29 bits per heavy atom. The molecule has 0 aliphatic rings. The molecular weight excluding hydrogens is 292 g/mol. The highest BCUT2D eigenvalue weighted by atomic mass is 32.2. The molecule has 0 spiro atoms. The van der Waals surface area contributed by atoms with Gasteiger partial charge in [-0.1, -0.05) is 26.0 Å². The van der Waals surface area contributed by atoms with Crippen molar-refractivity contribution >= 4 is 26.8 Å². The molecule has 0 aliphatic heterocycles. The van der Waals surface area contributed by atoms with Gasteiger partial charge in [-0.3, -0.25) is 9.78 Å². The Balaban J connectivity index is 2.50. The van der Waals surface area contributed by atoms with E-state index in [1.165, 1.54) is 12.3 Å². The second kappa shape index (κ2) is 5.79. The van der Waals surface area contributed by atoms with Crippen LogP contribution in [0.15, 0.2) is 41.6 Å². The highest BCUT2D eigenvalue weighted by molar-refractivity contribution is 7.89. The zero-order chi connectivity index (χ0) is 15.6. The molecule has 0 amide bonds. The molecule has 0 bridgehead atoms. The average Bonchev–Trinajstić information content (AvgIpc) is 2.43. The standard InChI is InChI=1S/C14H16N2O4S/c1-9(2)13(14(17)18)16-21(19,20)12-5-3-4-10-8-15-7-6-11(10)12/h3-9,13,16H,1-2H3,(H,17,18). The van der Waals surface area contributed by atoms with Crippen molar-refractivity contribution in [1.29, 1.82) is 0 Å². The Bertz CT molecular complexity index is 766. The van der Waals surface area contributed by atoms with Crippen LogP contribution in [0.25, 0.3) is 10.8 Å². The lowest BCUT2D eigenvalue weighted by Crippen LogP contribution is -2.44. The number of fused-ring (bicyclic) bond motifs is 1. The average molecular weight is 308 g/mol. The first-order valence-corrected chi connectivity index (χ1v) is 7.89. The normalized spacial score (nSPS) is 13.5. The van der Waals surface area contributed by atoms with E-state index < -0.39 is 22.0 Å². The Morgan fingerprint density at radius 3 is 2.62 bits per heavy atom. The van der Waals surface area contributed by atoms with E-state index in [1.807, 2.05) is 0 Å². The lowest BCUT2D eigenvalue weighted by Gasteiger charge is -2.18. The SMILES string of the molecule is CC(C)C(NS(=O)(=O)c1cccc2cnccc12)C(=O)O. The first-order valence-electron chi connectivity index (χ1n) is 6.41. The number of rotatable bonds is 5. The van der Waals surface area contributed by atoms with Gasteiger partial charge < -0.3 is 5.11 Å². The van der Waals surface area contributed by atoms with Crippen LogP contribution in [0.3, 0.4) is 0 Å². The fraction of sp³-hybridized carbons (Fsp3) is 0.286. The fourth-order valence-electron chi connectivity index (χ4n) is 2.03. The first-order chi connectivity index (χ1) is 9.83. The van der Waals surface area contributed by atoms with E-state index in [4.69, 9.17) is 5.11 Å². The van der Waals surface area contributed by atoms with Gasteiger partial charge in [-0.05, 0) is 18.1 Å². The highest BCUT2D eigenvalue weighted by Crippen LogP contribution is 2.22. The molecule has 7 heteroatoms. The van der Waals surface area contributed by atoms with Crippen LogP contribution in [0.1, 0.15) is 13.8 Å². The number of aromatic nitrogens is 1. The third-order valence-corrected chi connectivity index (χ3v) is 4.64. The third kappa shape index (κ3) is 3.20. The molecule has 1 unspecified atom stereocenters. The van der Waals surface area contributed by atoms with E-state index in [0.717, 1.165) is 0 Å². The number of sulfonamides is 1. The summed E-state index contributed by atoms with van der Waals surface area (Å²) in [5.74, 6) is -1.57. The topological polar surface area (TPSA) is 96.4 Å². The van der Waals surface area contributed by atoms with Crippen molar-refractivity contribution in [3.63, 3.8) is 0 Å². The van der Waals surface area contributed by atoms with Gasteiger partial charge in [0.1, 0.15) is 6.04 Å². The zero-order valence-corrected chi connectivity index (χ0v) is 12.5. The van der Waals surface area contributed by atoms with E-state index in [2.05, 4.69) is 9.71 Å². The van der Waals surface area contributed by atoms with Crippen molar-refractivity contribution in [2.75, 3.05) is 0 Å². The van der Waals surface area contributed by atoms with Crippen LogP contribution < -0.4 is 4.72 Å². The maximum Gasteiger partial charge on any atom is 0.322 e. The molecule has 2 rings (SSSR count). The number of aliphatic carboxylic acids is 1. The van der Waals surface area contributed by atoms with Crippen molar-refractivity contribution in [3.8, 4) is 0 Å². The van der Waals surface area contributed by atoms with Crippen molar-refractivity contribution in [1.82, 2.24) is 9.71 Å². The van der Waals surface area contributed by atoms with Crippen LogP contribution in [0.5, 0.6) is 0 Å². The van der Waals surface area contributed by atoms with Crippen LogP contribution in [0, 0.1) is 5.92 Å². The monoisotopic (exact) mass is 308 g/mol. The Labute approximate surface area is 122 Å². The Hall–Kier alpha value is -1.99. The summed E-state index contributed by atoms with van der Waals surface area (Å²) in [7, 11) is -3.93. The summed E-state index contributed by atoms with van der Waals surface area (Å²) in [6.07, 6.45) is 3.06. The number of carboxylic acids is 1. The van der Waals surface area contributed by atoms with Crippen LogP contribution in [0.4, 0.5) is 0 Å². The minimum atomic E-state index is -3.93. The minimum absolute atomic E-state index is 0.0503. The van der Waals surface area contributed by atoms with Gasteiger partial charge in [0.05, 0.1) is 4.90 Å². The number of carbonyl (C=O) groups is 1. The minimum Gasteiger partial charge on any atom is -0.480 e. The number of hydrogen-bond donors (Lipinski definition) is 2. The van der Waals surface area contributed by atoms with E-state index in [9.17, 15) is 13.2 Å². The van der Waals surface area contributed by atoms with Gasteiger partial charge in [0, 0.05) is 23.2 Å². The van der Waals surface area contributed by atoms with E-state index in [0.29, 0.717) is 10.8 Å². The molecule has 2 aromatic rings. The van der Waals surface area contributed by atoms with Crippen molar-refractivity contribution in [3.05, 3.63) is 36.7 Å². The van der Waals surface area contributed by atoms with Gasteiger partial charge in [0.2, 0.25) is 10.0 Å². The number of nitrogens with zero attached hydrogens (tertiary/aromatic N) is 1. The molecule has 0 radical (unpaired) electrons. The lowest BCUT2D eigenvalue weighted by atomic mass is 10.1. The number of pyridine rings is 1. The van der Waals surface area contributed by atoms with Gasteiger partial charge >= 0.3 is 5.97 Å². The zero-order valence-electron chi connectivity index (χ0n) is 11.6. The van der Waals surface area contributed by atoms with Crippen LogP contribution in [0.2, 0.25) is 0 Å². The van der Waals surface area contributed by atoms with Crippen molar-refractivity contribution < 1.29 is 18.3 Å². The Kier molecular flexibility index (Phi) is 4.24. The molecule has 1 heterocycles. The lowest BCUT2D eigenvalue weighted by molar-refractivity contribution is -0.140. The second-order valence-corrected chi connectivity index (χ2v) is 6.72. The molecule has 21 heavy (non-hydrogen) atoms. The van der Waals surface area contributed by atoms with E-state index in [1.54, 1.807) is 38.2 Å². The van der Waals surface area contributed by atoms with Gasteiger partial charge in [0.25, 0.3) is 0 Å². The molecule has 1 aromatic heterocycles. The van der Waals surface area contributed by atoms with Crippen molar-refractivity contribution in [2.24, 2.45) is 5.92 Å². The van der Waals surface area contributed by atoms with Crippen LogP contribution in [-0.4, -0.2) is 30.5 Å². The first kappa shape index (κ1) is 15.4. The second-order valence-electron chi connectivity index (χ2n) is 5.03. The van der Waals surface area contributed by atoms with Gasteiger partial charge in [-0.25, -0.2) is 8.42 Å². The summed E-state index contributed by atoms with van der Waals surface area (Å²) in [6.45, 7) is 3.29. The molecule has 1 aromatic carbocycles. The summed E-state index contributed by atoms with van der Waals surface area (Å²) in [5, 5.41) is 10.3. The highest BCUT2D eigenvalue weighted by Gasteiger charge is 2.28. The molecule has 112 valence electrons. The molecule has 6 nitrogen and oxygen atoms in total. The summed E-state index contributed by atoms with van der Waals surface area (Å²) in [5.41, 5.74) is 0. The van der Waals surface area contributed by atoms with Gasteiger partial charge in [-0.15, -0.1) is 0 Å². The smallest absolute Gasteiger partial charge is 0.322 e. The predicted molar refractivity (Wildman–Crippen MR) is 78.3 cm³/mol. The summed E-state index contributed by atoms with van der Waals surface area (Å²) in [6, 6.07) is 5.22. The van der Waals surface area contributed by atoms with Crippen LogP contribution in [-0.2, 0) is 14.8 Å². The van der Waals surface area contributed by atoms with Crippen molar-refractivity contribution in [2.45, 2.75) is 24.8 Å². The maximum absolute atomic E-state index is 12.5. The summed E-state index contributed by atoms with van der Waals surface area (Å²) >= 11 is 0. The summed E-state index contributed by atoms with van der Waals surface area (Å²) < 4.78 is 27.2. The van der Waals surface area contributed by atoms with E-state index >= 15 is 0 Å². The fourth-order valence-corrected chi connectivity index (χ4v) is 3.60. The number of nitrogens with one attached hydrogen (secondary N) is 1. The quantitative estimate of drug-likeness (QED) is 0.875. The van der Waals surface area contributed by atoms with E-state index in [-0.39, 0.29) is 10.8 Å². The maximum atomic E-state index is 12.5. The third-order valence-electron chi connectivity index (χ3n) is 3.15. The molecule has 0 aliphatic carbocycles. The molecule has 0 fully saturated rings. The molecular formula is C14H16N2O4S. The molecule has 0 saturated carbocycles. The van der Waals surface area contributed by atoms with Gasteiger partial charge in [-0.2, -0.15) is 4.72 Å². The number of benzene rings is 1. The van der Waals surface area contributed by atoms with Crippen LogP contribution >= 0.6 is 0 Å².